The van der Waals surface area contributed by atoms with Crippen molar-refractivity contribution in [3.8, 4) is 0 Å². The molecule has 0 bridgehead atoms. The van der Waals surface area contributed by atoms with Crippen LogP contribution in [0.2, 0.25) is 0 Å². The van der Waals surface area contributed by atoms with Crippen LogP contribution >= 0.6 is 11.8 Å². The number of aromatic nitrogens is 2. The maximum Gasteiger partial charge on any atom is 0.196 e. The first-order chi connectivity index (χ1) is 8.47. The highest BCUT2D eigenvalue weighted by Gasteiger charge is 2.15. The molecule has 0 saturated carbocycles. The lowest BCUT2D eigenvalue weighted by Crippen LogP contribution is -2.01. The molecule has 0 saturated heterocycles. The fourth-order valence-corrected chi connectivity index (χ4v) is 2.11. The molecule has 0 amide bonds. The second kappa shape index (κ2) is 4.65. The number of hydrogen-bond acceptors (Lipinski definition) is 6. The van der Waals surface area contributed by atoms with E-state index in [1.165, 1.54) is 12.1 Å². The molecule has 1 heterocycles. The quantitative estimate of drug-likeness (QED) is 0.565. The summed E-state index contributed by atoms with van der Waals surface area (Å²) in [5.41, 5.74) is 16.6. The number of benzene rings is 1. The average molecular weight is 269 g/mol. The first-order valence-corrected chi connectivity index (χ1v) is 5.60. The Morgan fingerprint density at radius 1 is 1.00 bits per heavy atom. The van der Waals surface area contributed by atoms with Crippen LogP contribution < -0.4 is 17.2 Å². The van der Waals surface area contributed by atoms with Gasteiger partial charge in [-0.05, 0) is 23.9 Å². The SMILES string of the molecule is Nc1cc(N)nc(Sc2c(N)ccc(F)c2F)n1. The summed E-state index contributed by atoms with van der Waals surface area (Å²) in [5, 5.41) is 0.101. The summed E-state index contributed by atoms with van der Waals surface area (Å²) >= 11 is 0.761. The van der Waals surface area contributed by atoms with Gasteiger partial charge in [-0.3, -0.25) is 0 Å². The van der Waals surface area contributed by atoms with E-state index in [4.69, 9.17) is 17.2 Å². The first-order valence-electron chi connectivity index (χ1n) is 4.78. The smallest absolute Gasteiger partial charge is 0.196 e. The van der Waals surface area contributed by atoms with E-state index in [-0.39, 0.29) is 27.4 Å². The van der Waals surface area contributed by atoms with Crippen LogP contribution in [0.4, 0.5) is 26.1 Å². The van der Waals surface area contributed by atoms with Crippen LogP contribution in [-0.2, 0) is 0 Å². The van der Waals surface area contributed by atoms with Crippen LogP contribution in [0, 0.1) is 11.6 Å². The lowest BCUT2D eigenvalue weighted by molar-refractivity contribution is 0.492. The van der Waals surface area contributed by atoms with Crippen molar-refractivity contribution in [3.05, 3.63) is 29.8 Å². The van der Waals surface area contributed by atoms with E-state index in [1.807, 2.05) is 0 Å². The molecule has 0 aliphatic carbocycles. The van der Waals surface area contributed by atoms with E-state index in [0.29, 0.717) is 0 Å². The molecule has 0 aliphatic rings. The van der Waals surface area contributed by atoms with Gasteiger partial charge in [-0.1, -0.05) is 0 Å². The van der Waals surface area contributed by atoms with Crippen molar-refractivity contribution in [1.82, 2.24) is 9.97 Å². The molecule has 6 N–H and O–H groups in total. The summed E-state index contributed by atoms with van der Waals surface area (Å²) in [5.74, 6) is -1.77. The van der Waals surface area contributed by atoms with Gasteiger partial charge in [-0.15, -0.1) is 0 Å². The molecule has 0 atom stereocenters. The zero-order valence-corrected chi connectivity index (χ0v) is 9.84. The number of nitrogen functional groups attached to an aromatic ring is 3. The van der Waals surface area contributed by atoms with Crippen molar-refractivity contribution in [2.75, 3.05) is 17.2 Å². The fraction of sp³-hybridized carbons (Fsp3) is 0. The van der Waals surface area contributed by atoms with Crippen LogP contribution in [-0.4, -0.2) is 9.97 Å². The molecule has 0 fully saturated rings. The Labute approximate surface area is 105 Å². The Hall–Kier alpha value is -2.09. The van der Waals surface area contributed by atoms with Crippen LogP contribution in [0.25, 0.3) is 0 Å². The maximum absolute atomic E-state index is 13.6. The standard InChI is InChI=1S/C10H9F2N5S/c11-4-1-2-5(13)9(8(4)12)18-10-16-6(14)3-7(15)17-10/h1-3H,13H2,(H4,14,15,16,17). The lowest BCUT2D eigenvalue weighted by Gasteiger charge is -2.07. The minimum atomic E-state index is -1.05. The lowest BCUT2D eigenvalue weighted by atomic mass is 10.3. The van der Waals surface area contributed by atoms with E-state index in [2.05, 4.69) is 9.97 Å². The van der Waals surface area contributed by atoms with Gasteiger partial charge in [0.1, 0.15) is 11.6 Å². The molecule has 0 unspecified atom stereocenters. The third-order valence-corrected chi connectivity index (χ3v) is 3.00. The summed E-state index contributed by atoms with van der Waals surface area (Å²) in [6.07, 6.45) is 0. The molecular formula is C10H9F2N5S. The summed E-state index contributed by atoms with van der Waals surface area (Å²) in [7, 11) is 0. The maximum atomic E-state index is 13.6. The van der Waals surface area contributed by atoms with Crippen LogP contribution in [0.15, 0.2) is 28.3 Å². The number of hydrogen-bond donors (Lipinski definition) is 3. The predicted octanol–water partition coefficient (Wildman–Crippen LogP) is 1.65. The second-order valence-corrected chi connectivity index (χ2v) is 4.36. The molecule has 1 aromatic carbocycles. The Morgan fingerprint density at radius 3 is 2.22 bits per heavy atom. The molecule has 8 heteroatoms. The highest BCUT2D eigenvalue weighted by molar-refractivity contribution is 7.99. The highest BCUT2D eigenvalue weighted by atomic mass is 32.2. The number of nitrogens with zero attached hydrogens (tertiary/aromatic N) is 2. The summed E-state index contributed by atoms with van der Waals surface area (Å²) in [4.78, 5) is 7.60. The number of rotatable bonds is 2. The van der Waals surface area contributed by atoms with Crippen LogP contribution in [0.3, 0.4) is 0 Å². The Balaban J connectivity index is 2.42. The Bertz CT molecular complexity index is 585. The minimum absolute atomic E-state index is 0.0866. The van der Waals surface area contributed by atoms with Crippen molar-refractivity contribution in [2.24, 2.45) is 0 Å². The number of anilines is 3. The van der Waals surface area contributed by atoms with E-state index in [0.717, 1.165) is 17.8 Å². The van der Waals surface area contributed by atoms with Gasteiger partial charge in [-0.2, -0.15) is 0 Å². The summed E-state index contributed by atoms with van der Waals surface area (Å²) in [6, 6.07) is 3.56. The van der Waals surface area contributed by atoms with Gasteiger partial charge >= 0.3 is 0 Å². The Kier molecular flexibility index (Phi) is 3.19. The van der Waals surface area contributed by atoms with E-state index in [1.54, 1.807) is 0 Å². The zero-order chi connectivity index (χ0) is 13.3. The van der Waals surface area contributed by atoms with Gasteiger partial charge < -0.3 is 17.2 Å². The molecule has 0 radical (unpaired) electrons. The van der Waals surface area contributed by atoms with E-state index >= 15 is 0 Å². The third kappa shape index (κ3) is 2.43. The first kappa shape index (κ1) is 12.4. The van der Waals surface area contributed by atoms with Gasteiger partial charge in [0.2, 0.25) is 0 Å². The fourth-order valence-electron chi connectivity index (χ4n) is 1.25. The molecular weight excluding hydrogens is 260 g/mol. The van der Waals surface area contributed by atoms with Gasteiger partial charge in [0.15, 0.2) is 16.8 Å². The Morgan fingerprint density at radius 2 is 1.61 bits per heavy atom. The zero-order valence-electron chi connectivity index (χ0n) is 9.02. The second-order valence-electron chi connectivity index (χ2n) is 3.38. The monoisotopic (exact) mass is 269 g/mol. The van der Waals surface area contributed by atoms with Crippen LogP contribution in [0.1, 0.15) is 0 Å². The van der Waals surface area contributed by atoms with Crippen molar-refractivity contribution in [3.63, 3.8) is 0 Å². The highest BCUT2D eigenvalue weighted by Crippen LogP contribution is 2.33. The van der Waals surface area contributed by atoms with E-state index in [9.17, 15) is 8.78 Å². The van der Waals surface area contributed by atoms with Gasteiger partial charge in [0.05, 0.1) is 4.90 Å². The molecule has 0 aliphatic heterocycles. The molecule has 94 valence electrons. The molecule has 2 rings (SSSR count). The summed E-state index contributed by atoms with van der Waals surface area (Å²) in [6.45, 7) is 0. The molecule has 0 spiro atoms. The van der Waals surface area contributed by atoms with Crippen molar-refractivity contribution >= 4 is 29.1 Å². The van der Waals surface area contributed by atoms with Gasteiger partial charge in [0.25, 0.3) is 0 Å². The molecule has 18 heavy (non-hydrogen) atoms. The predicted molar refractivity (Wildman–Crippen MR) is 65.8 cm³/mol. The van der Waals surface area contributed by atoms with Crippen molar-refractivity contribution in [2.45, 2.75) is 10.1 Å². The number of nitrogens with two attached hydrogens (primary N) is 3. The van der Waals surface area contributed by atoms with Crippen molar-refractivity contribution in [1.29, 1.82) is 0 Å². The average Bonchev–Trinajstić information content (AvgIpc) is 2.28. The molecule has 1 aromatic heterocycles. The third-order valence-electron chi connectivity index (χ3n) is 2.02. The van der Waals surface area contributed by atoms with Gasteiger partial charge in [0, 0.05) is 11.8 Å². The minimum Gasteiger partial charge on any atom is -0.398 e. The largest absolute Gasteiger partial charge is 0.398 e. The number of halogens is 2. The van der Waals surface area contributed by atoms with Gasteiger partial charge in [-0.25, -0.2) is 18.7 Å². The van der Waals surface area contributed by atoms with Crippen molar-refractivity contribution < 1.29 is 8.78 Å². The summed E-state index contributed by atoms with van der Waals surface area (Å²) < 4.78 is 26.6. The normalized spacial score (nSPS) is 10.6. The molecule has 2 aromatic rings. The van der Waals surface area contributed by atoms with E-state index < -0.39 is 11.6 Å². The molecule has 5 nitrogen and oxygen atoms in total. The van der Waals surface area contributed by atoms with Crippen LogP contribution in [0.5, 0.6) is 0 Å². The topological polar surface area (TPSA) is 104 Å².